The van der Waals surface area contributed by atoms with Crippen LogP contribution < -0.4 is 10.2 Å². The van der Waals surface area contributed by atoms with Crippen LogP contribution in [0.25, 0.3) is 22.3 Å². The second kappa shape index (κ2) is 6.74. The molecule has 0 spiro atoms. The molecule has 27 heavy (non-hydrogen) atoms. The first-order valence-electron chi connectivity index (χ1n) is 8.25. The molecule has 6 heteroatoms. The Morgan fingerprint density at radius 3 is 2.04 bits per heavy atom. The molecule has 134 valence electrons. The summed E-state index contributed by atoms with van der Waals surface area (Å²) in [6, 6.07) is 23.6. The van der Waals surface area contributed by atoms with Gasteiger partial charge in [-0.15, -0.1) is 0 Å². The lowest BCUT2D eigenvalue weighted by Crippen LogP contribution is -2.20. The van der Waals surface area contributed by atoms with Gasteiger partial charge in [0, 0.05) is 5.56 Å². The molecule has 0 saturated heterocycles. The smallest absolute Gasteiger partial charge is 0.262 e. The summed E-state index contributed by atoms with van der Waals surface area (Å²) in [6.45, 7) is 0. The third-order valence-electron chi connectivity index (χ3n) is 4.12. The van der Waals surface area contributed by atoms with Gasteiger partial charge in [0.05, 0.1) is 10.3 Å². The summed E-state index contributed by atoms with van der Waals surface area (Å²) in [4.78, 5) is 13.1. The van der Waals surface area contributed by atoms with Crippen LogP contribution in [0.15, 0.2) is 99.0 Å². The van der Waals surface area contributed by atoms with E-state index in [4.69, 9.17) is 4.42 Å². The molecule has 0 unspecified atom stereocenters. The van der Waals surface area contributed by atoms with E-state index in [2.05, 4.69) is 4.72 Å². The monoisotopic (exact) mass is 377 g/mol. The van der Waals surface area contributed by atoms with Crippen LogP contribution in [0, 0.1) is 0 Å². The van der Waals surface area contributed by atoms with Crippen molar-refractivity contribution in [1.82, 2.24) is 0 Å². The highest BCUT2D eigenvalue weighted by atomic mass is 32.2. The summed E-state index contributed by atoms with van der Waals surface area (Å²) in [5.74, 6) is 0.179. The van der Waals surface area contributed by atoms with Crippen LogP contribution in [-0.2, 0) is 10.0 Å². The molecule has 4 rings (SSSR count). The lowest BCUT2D eigenvalue weighted by atomic mass is 10.1. The number of hydrogen-bond acceptors (Lipinski definition) is 4. The lowest BCUT2D eigenvalue weighted by Gasteiger charge is -2.12. The van der Waals surface area contributed by atoms with Crippen LogP contribution in [0.2, 0.25) is 0 Å². The lowest BCUT2D eigenvalue weighted by molar-refractivity contribution is 0.599. The average molecular weight is 377 g/mol. The molecule has 1 heterocycles. The molecular formula is C21H15NO4S. The van der Waals surface area contributed by atoms with E-state index >= 15 is 0 Å². The molecule has 1 N–H and O–H groups in total. The first-order chi connectivity index (χ1) is 13.1. The highest BCUT2D eigenvalue weighted by molar-refractivity contribution is 7.92. The van der Waals surface area contributed by atoms with Crippen LogP contribution in [-0.4, -0.2) is 8.42 Å². The van der Waals surface area contributed by atoms with Crippen LogP contribution in [0.3, 0.4) is 0 Å². The van der Waals surface area contributed by atoms with Gasteiger partial charge >= 0.3 is 0 Å². The molecule has 0 fully saturated rings. The van der Waals surface area contributed by atoms with Crippen LogP contribution in [0.4, 0.5) is 5.69 Å². The Morgan fingerprint density at radius 1 is 0.741 bits per heavy atom. The Kier molecular flexibility index (Phi) is 4.25. The molecule has 0 radical (unpaired) electrons. The minimum atomic E-state index is -3.94. The molecule has 3 aromatic carbocycles. The summed E-state index contributed by atoms with van der Waals surface area (Å²) >= 11 is 0. The number of nitrogens with one attached hydrogen (secondary N) is 1. The van der Waals surface area contributed by atoms with Crippen molar-refractivity contribution in [2.24, 2.45) is 0 Å². The number of rotatable bonds is 4. The average Bonchev–Trinajstić information content (AvgIpc) is 2.71. The molecule has 0 atom stereocenters. The van der Waals surface area contributed by atoms with Crippen LogP contribution in [0.1, 0.15) is 0 Å². The molecule has 5 nitrogen and oxygen atoms in total. The normalized spacial score (nSPS) is 11.4. The summed E-state index contributed by atoms with van der Waals surface area (Å²) in [5, 5.41) is 0.308. The Hall–Kier alpha value is -3.38. The van der Waals surface area contributed by atoms with Gasteiger partial charge in [0.15, 0.2) is 5.76 Å². The fraction of sp³-hybridized carbons (Fsp3) is 0. The first-order valence-corrected chi connectivity index (χ1v) is 9.74. The van der Waals surface area contributed by atoms with E-state index in [0.29, 0.717) is 16.5 Å². The molecule has 0 bridgehead atoms. The largest absolute Gasteiger partial charge is 0.454 e. The van der Waals surface area contributed by atoms with E-state index < -0.39 is 15.5 Å². The van der Waals surface area contributed by atoms with Gasteiger partial charge in [0.1, 0.15) is 11.3 Å². The summed E-state index contributed by atoms with van der Waals surface area (Å²) in [7, 11) is -3.94. The number of para-hydroxylation sites is 1. The van der Waals surface area contributed by atoms with Gasteiger partial charge in [-0.3, -0.25) is 9.52 Å². The fourth-order valence-electron chi connectivity index (χ4n) is 2.82. The highest BCUT2D eigenvalue weighted by Crippen LogP contribution is 2.30. The van der Waals surface area contributed by atoms with Crippen molar-refractivity contribution in [2.45, 2.75) is 4.90 Å². The van der Waals surface area contributed by atoms with Gasteiger partial charge in [-0.2, -0.15) is 0 Å². The van der Waals surface area contributed by atoms with Gasteiger partial charge in [0.2, 0.25) is 5.43 Å². The van der Waals surface area contributed by atoms with E-state index in [1.54, 1.807) is 66.7 Å². The topological polar surface area (TPSA) is 76.4 Å². The second-order valence-electron chi connectivity index (χ2n) is 5.92. The molecule has 0 aliphatic heterocycles. The van der Waals surface area contributed by atoms with Gasteiger partial charge in [-0.05, 0) is 24.3 Å². The SMILES string of the molecule is O=c1c(NS(=O)(=O)c2ccccc2)c(-c2ccccc2)oc2ccccc12. The highest BCUT2D eigenvalue weighted by Gasteiger charge is 2.22. The van der Waals surface area contributed by atoms with Crippen LogP contribution >= 0.6 is 0 Å². The molecular weight excluding hydrogens is 362 g/mol. The summed E-state index contributed by atoms with van der Waals surface area (Å²) < 4.78 is 33.9. The first kappa shape index (κ1) is 17.1. The predicted molar refractivity (Wildman–Crippen MR) is 105 cm³/mol. The maximum absolute atomic E-state index is 13.0. The number of sulfonamides is 1. The zero-order chi connectivity index (χ0) is 18.9. The van der Waals surface area contributed by atoms with E-state index in [1.165, 1.54) is 12.1 Å². The molecule has 0 amide bonds. The molecule has 4 aromatic rings. The van der Waals surface area contributed by atoms with Crippen molar-refractivity contribution in [3.63, 3.8) is 0 Å². The fourth-order valence-corrected chi connectivity index (χ4v) is 3.91. The van der Waals surface area contributed by atoms with E-state index in [0.717, 1.165) is 0 Å². The number of anilines is 1. The maximum Gasteiger partial charge on any atom is 0.262 e. The number of benzene rings is 3. The maximum atomic E-state index is 13.0. The third-order valence-corrected chi connectivity index (χ3v) is 5.49. The minimum absolute atomic E-state index is 0.0663. The quantitative estimate of drug-likeness (QED) is 0.576. The zero-order valence-corrected chi connectivity index (χ0v) is 14.9. The second-order valence-corrected chi connectivity index (χ2v) is 7.60. The summed E-state index contributed by atoms with van der Waals surface area (Å²) in [6.07, 6.45) is 0. The van der Waals surface area contributed by atoms with E-state index in [9.17, 15) is 13.2 Å². The van der Waals surface area contributed by atoms with Gasteiger partial charge < -0.3 is 4.42 Å². The number of fused-ring (bicyclic) bond motifs is 1. The van der Waals surface area contributed by atoms with Crippen LogP contribution in [0.5, 0.6) is 0 Å². The van der Waals surface area contributed by atoms with Gasteiger partial charge in [-0.25, -0.2) is 8.42 Å². The van der Waals surface area contributed by atoms with Crippen molar-refractivity contribution in [3.8, 4) is 11.3 Å². The third kappa shape index (κ3) is 3.22. The molecule has 1 aromatic heterocycles. The van der Waals surface area contributed by atoms with Crippen molar-refractivity contribution in [2.75, 3.05) is 4.72 Å². The van der Waals surface area contributed by atoms with Crippen molar-refractivity contribution in [3.05, 3.63) is 95.2 Å². The predicted octanol–water partition coefficient (Wildman–Crippen LogP) is 4.26. The van der Waals surface area contributed by atoms with Crippen molar-refractivity contribution in [1.29, 1.82) is 0 Å². The number of hydrogen-bond donors (Lipinski definition) is 1. The van der Waals surface area contributed by atoms with Crippen molar-refractivity contribution >= 4 is 26.7 Å². The van der Waals surface area contributed by atoms with Crippen molar-refractivity contribution < 1.29 is 12.8 Å². The van der Waals surface area contributed by atoms with E-state index in [1.807, 2.05) is 6.07 Å². The Morgan fingerprint density at radius 2 is 1.33 bits per heavy atom. The Balaban J connectivity index is 1.96. The Labute approximate surface area is 156 Å². The standard InChI is InChI=1S/C21H15NO4S/c23-20-17-13-7-8-14-18(17)26-21(15-9-3-1-4-10-15)19(20)22-27(24,25)16-11-5-2-6-12-16/h1-14,22H. The molecule has 0 aliphatic rings. The molecule has 0 aliphatic carbocycles. The van der Waals surface area contributed by atoms with E-state index in [-0.39, 0.29) is 16.3 Å². The van der Waals surface area contributed by atoms with Gasteiger partial charge in [-0.1, -0.05) is 60.7 Å². The molecule has 0 saturated carbocycles. The zero-order valence-electron chi connectivity index (χ0n) is 14.1. The minimum Gasteiger partial charge on any atom is -0.454 e. The summed E-state index contributed by atoms with van der Waals surface area (Å²) in [5.41, 5.74) is 0.453. The van der Waals surface area contributed by atoms with Gasteiger partial charge in [0.25, 0.3) is 10.0 Å². The Bertz CT molecular complexity index is 1260.